The smallest absolute Gasteiger partial charge is 0.242 e. The number of rotatable bonds is 3. The van der Waals surface area contributed by atoms with E-state index in [1.165, 1.54) is 5.56 Å². The molecule has 5 rings (SSSR count). The zero-order chi connectivity index (χ0) is 26.4. The van der Waals surface area contributed by atoms with E-state index in [4.69, 9.17) is 4.74 Å². The lowest BCUT2D eigenvalue weighted by molar-refractivity contribution is -0.133. The first-order valence-corrected chi connectivity index (χ1v) is 13.4. The fraction of sp³-hybridized carbons (Fsp3) is 0.484. The van der Waals surface area contributed by atoms with E-state index in [-0.39, 0.29) is 35.1 Å². The molecule has 2 aliphatic heterocycles. The molecule has 1 atom stereocenters. The Hall–Kier alpha value is -3.12. The number of hydrogen-bond donors (Lipinski definition) is 1. The summed E-state index contributed by atoms with van der Waals surface area (Å²) in [5.74, 6) is 0.210. The van der Waals surface area contributed by atoms with E-state index in [2.05, 4.69) is 75.2 Å². The molecule has 1 fully saturated rings. The maximum Gasteiger partial charge on any atom is 0.242 e. The Balaban J connectivity index is 1.66. The van der Waals surface area contributed by atoms with E-state index in [0.717, 1.165) is 34.6 Å². The Bertz CT molecular complexity index is 1220. The van der Waals surface area contributed by atoms with E-state index < -0.39 is 0 Å². The van der Waals surface area contributed by atoms with Crippen LogP contribution in [0.4, 0.5) is 11.4 Å². The predicted octanol–water partition coefficient (Wildman–Crippen LogP) is 5.46. The van der Waals surface area contributed by atoms with Crippen molar-refractivity contribution in [2.24, 2.45) is 5.41 Å². The molecular formula is C31H39N3O3. The van der Waals surface area contributed by atoms with Crippen LogP contribution in [0.3, 0.4) is 0 Å². The van der Waals surface area contributed by atoms with Crippen LogP contribution in [0.25, 0.3) is 0 Å². The van der Waals surface area contributed by atoms with Crippen molar-refractivity contribution >= 4 is 23.1 Å². The molecule has 2 heterocycles. The normalized spacial score (nSPS) is 21.6. The second-order valence-electron chi connectivity index (χ2n) is 12.4. The van der Waals surface area contributed by atoms with Crippen molar-refractivity contribution in [2.75, 3.05) is 43.1 Å². The molecule has 0 bridgehead atoms. The Morgan fingerprint density at radius 3 is 2.38 bits per heavy atom. The van der Waals surface area contributed by atoms with Crippen molar-refractivity contribution in [2.45, 2.75) is 58.9 Å². The summed E-state index contributed by atoms with van der Waals surface area (Å²) in [6.45, 7) is 13.4. The summed E-state index contributed by atoms with van der Waals surface area (Å²) in [6, 6.07) is 16.4. The predicted molar refractivity (Wildman–Crippen MR) is 148 cm³/mol. The van der Waals surface area contributed by atoms with Crippen LogP contribution in [0, 0.1) is 5.41 Å². The average molecular weight is 502 g/mol. The number of para-hydroxylation sites is 2. The molecule has 0 radical (unpaired) electrons. The number of anilines is 2. The third-order valence-electron chi connectivity index (χ3n) is 7.77. The maximum absolute atomic E-state index is 13.9. The molecule has 6 nitrogen and oxygen atoms in total. The number of nitrogens with zero attached hydrogens (tertiary/aromatic N) is 2. The van der Waals surface area contributed by atoms with Crippen LogP contribution in [0.1, 0.15) is 64.6 Å². The van der Waals surface area contributed by atoms with E-state index in [0.29, 0.717) is 32.7 Å². The fourth-order valence-electron chi connectivity index (χ4n) is 5.80. The number of ketones is 1. The second kappa shape index (κ2) is 9.64. The first-order valence-electron chi connectivity index (χ1n) is 13.4. The molecule has 2 aromatic rings. The highest BCUT2D eigenvalue weighted by Crippen LogP contribution is 2.48. The van der Waals surface area contributed by atoms with Crippen molar-refractivity contribution in [3.63, 3.8) is 0 Å². The van der Waals surface area contributed by atoms with E-state index in [9.17, 15) is 9.59 Å². The number of allylic oxidation sites excluding steroid dienone is 1. The maximum atomic E-state index is 13.9. The summed E-state index contributed by atoms with van der Waals surface area (Å²) in [4.78, 5) is 31.5. The van der Waals surface area contributed by atoms with Gasteiger partial charge >= 0.3 is 0 Å². The van der Waals surface area contributed by atoms with Crippen LogP contribution >= 0.6 is 0 Å². The highest BCUT2D eigenvalue weighted by atomic mass is 16.5. The van der Waals surface area contributed by atoms with Crippen molar-refractivity contribution in [3.8, 4) is 0 Å². The molecule has 1 N–H and O–H groups in total. The number of fused-ring (bicyclic) bond motifs is 1. The Labute approximate surface area is 220 Å². The van der Waals surface area contributed by atoms with Crippen molar-refractivity contribution in [1.82, 2.24) is 4.90 Å². The zero-order valence-corrected chi connectivity index (χ0v) is 22.8. The van der Waals surface area contributed by atoms with Gasteiger partial charge in [0.15, 0.2) is 5.78 Å². The monoisotopic (exact) mass is 501 g/mol. The molecule has 1 aliphatic carbocycles. The molecule has 196 valence electrons. The Kier molecular flexibility index (Phi) is 6.65. The van der Waals surface area contributed by atoms with Gasteiger partial charge in [-0.2, -0.15) is 0 Å². The summed E-state index contributed by atoms with van der Waals surface area (Å²) in [5, 5.41) is 3.64. The molecule has 1 amide bonds. The van der Waals surface area contributed by atoms with Gasteiger partial charge in [0.05, 0.1) is 37.2 Å². The van der Waals surface area contributed by atoms with Crippen LogP contribution in [0.2, 0.25) is 0 Å². The highest BCUT2D eigenvalue weighted by Gasteiger charge is 2.42. The minimum Gasteiger partial charge on any atom is -0.378 e. The van der Waals surface area contributed by atoms with Crippen molar-refractivity contribution < 1.29 is 14.3 Å². The first-order chi connectivity index (χ1) is 17.5. The van der Waals surface area contributed by atoms with Crippen LogP contribution in [0.15, 0.2) is 59.8 Å². The van der Waals surface area contributed by atoms with Gasteiger partial charge in [0.25, 0.3) is 0 Å². The van der Waals surface area contributed by atoms with Crippen molar-refractivity contribution in [1.29, 1.82) is 0 Å². The number of morpholine rings is 1. The highest BCUT2D eigenvalue weighted by molar-refractivity contribution is 6.01. The van der Waals surface area contributed by atoms with Crippen LogP contribution in [-0.4, -0.2) is 49.4 Å². The van der Waals surface area contributed by atoms with Gasteiger partial charge in [-0.05, 0) is 40.5 Å². The SMILES string of the molecule is CC1(C)CC(=O)C2=C(C1)Nc1ccccc1N(CC(=O)N1CCOCC1)C2c1ccc(C(C)(C)C)cc1. The molecule has 1 saturated heterocycles. The van der Waals surface area contributed by atoms with Crippen molar-refractivity contribution in [3.05, 3.63) is 70.9 Å². The number of carbonyl (C=O) groups is 2. The number of amides is 1. The van der Waals surface area contributed by atoms with Gasteiger partial charge in [-0.25, -0.2) is 0 Å². The standard InChI is InChI=1S/C31H39N3O3/c1-30(2,3)22-12-10-21(11-13-22)29-28-24(18-31(4,5)19-26(28)35)32-23-8-6-7-9-25(23)34(29)20-27(36)33-14-16-37-17-15-33/h6-13,29,32H,14-20H2,1-5H3. The van der Waals surface area contributed by atoms with Gasteiger partial charge in [-0.15, -0.1) is 0 Å². The van der Waals surface area contributed by atoms with E-state index >= 15 is 0 Å². The van der Waals surface area contributed by atoms with E-state index in [1.54, 1.807) is 0 Å². The van der Waals surface area contributed by atoms with Gasteiger partial charge in [0, 0.05) is 30.8 Å². The van der Waals surface area contributed by atoms with Crippen LogP contribution in [0.5, 0.6) is 0 Å². The summed E-state index contributed by atoms with van der Waals surface area (Å²) < 4.78 is 5.48. The van der Waals surface area contributed by atoms with Gasteiger partial charge in [0.2, 0.25) is 5.91 Å². The second-order valence-corrected chi connectivity index (χ2v) is 12.4. The molecule has 0 spiro atoms. The third-order valence-corrected chi connectivity index (χ3v) is 7.77. The largest absolute Gasteiger partial charge is 0.378 e. The minimum absolute atomic E-state index is 0.0250. The molecule has 1 unspecified atom stereocenters. The van der Waals surface area contributed by atoms with Gasteiger partial charge in [-0.1, -0.05) is 71.0 Å². The van der Waals surface area contributed by atoms with E-state index in [1.807, 2.05) is 23.1 Å². The lowest BCUT2D eigenvalue weighted by atomic mass is 9.73. The first kappa shape index (κ1) is 25.5. The van der Waals surface area contributed by atoms with Gasteiger partial charge in [-0.3, -0.25) is 9.59 Å². The summed E-state index contributed by atoms with van der Waals surface area (Å²) >= 11 is 0. The third kappa shape index (κ3) is 5.17. The van der Waals surface area contributed by atoms with Gasteiger partial charge in [0.1, 0.15) is 0 Å². The molecule has 0 saturated carbocycles. The summed E-state index contributed by atoms with van der Waals surface area (Å²) in [6.07, 6.45) is 1.27. The quantitative estimate of drug-likeness (QED) is 0.605. The number of nitrogens with one attached hydrogen (secondary N) is 1. The topological polar surface area (TPSA) is 61.9 Å². The molecule has 0 aromatic heterocycles. The molecule has 37 heavy (non-hydrogen) atoms. The summed E-state index contributed by atoms with van der Waals surface area (Å²) in [5.41, 5.74) is 5.80. The lowest BCUT2D eigenvalue weighted by Crippen LogP contribution is -2.47. The minimum atomic E-state index is -0.353. The number of benzene rings is 2. The number of carbonyl (C=O) groups excluding carboxylic acids is 2. The summed E-state index contributed by atoms with van der Waals surface area (Å²) in [7, 11) is 0. The molecule has 6 heteroatoms. The number of hydrogen-bond acceptors (Lipinski definition) is 5. The fourth-order valence-corrected chi connectivity index (χ4v) is 5.80. The van der Waals surface area contributed by atoms with Gasteiger partial charge < -0.3 is 19.9 Å². The van der Waals surface area contributed by atoms with Crippen LogP contribution in [-0.2, 0) is 19.7 Å². The lowest BCUT2D eigenvalue weighted by Gasteiger charge is -2.39. The van der Waals surface area contributed by atoms with Crippen LogP contribution < -0.4 is 10.2 Å². The molecule has 3 aliphatic rings. The Morgan fingerprint density at radius 2 is 1.70 bits per heavy atom. The molecule has 2 aromatic carbocycles. The zero-order valence-electron chi connectivity index (χ0n) is 22.8. The number of ether oxygens (including phenoxy) is 1. The number of Topliss-reactive ketones (excluding diaryl/α,β-unsaturated/α-hetero) is 1. The molecular weight excluding hydrogens is 462 g/mol. The Morgan fingerprint density at radius 1 is 1.03 bits per heavy atom. The average Bonchev–Trinajstić information content (AvgIpc) is 2.98.